The normalized spacial score (nSPS) is 29.0. The lowest BCUT2D eigenvalue weighted by Gasteiger charge is -2.32. The fourth-order valence-electron chi connectivity index (χ4n) is 5.21. The van der Waals surface area contributed by atoms with Crippen molar-refractivity contribution in [3.63, 3.8) is 0 Å². The average Bonchev–Trinajstić information content (AvgIpc) is 3.09. The van der Waals surface area contributed by atoms with Gasteiger partial charge in [-0.25, -0.2) is 0 Å². The summed E-state index contributed by atoms with van der Waals surface area (Å²) in [5, 5.41) is 9.62. The zero-order valence-electron chi connectivity index (χ0n) is 16.8. The number of aliphatic hydroxyl groups excluding tert-OH is 1. The predicted molar refractivity (Wildman–Crippen MR) is 124 cm³/mol. The highest BCUT2D eigenvalue weighted by molar-refractivity contribution is 14.1. The number of hydrogen-bond acceptors (Lipinski definition) is 4. The zero-order valence-corrected chi connectivity index (χ0v) is 20.0. The van der Waals surface area contributed by atoms with Crippen molar-refractivity contribution < 1.29 is 19.4 Å². The van der Waals surface area contributed by atoms with Crippen LogP contribution in [0.4, 0.5) is 11.4 Å². The molecule has 0 unspecified atom stereocenters. The van der Waals surface area contributed by atoms with Crippen molar-refractivity contribution in [3.8, 4) is 0 Å². The van der Waals surface area contributed by atoms with Gasteiger partial charge < -0.3 is 14.6 Å². The van der Waals surface area contributed by atoms with Crippen LogP contribution in [0.15, 0.2) is 48.5 Å². The molecule has 2 aliphatic rings. The van der Waals surface area contributed by atoms with Crippen molar-refractivity contribution in [2.45, 2.75) is 43.7 Å². The Balaban J connectivity index is 1.92. The number of carbonyl (C=O) groups is 1. The van der Waals surface area contributed by atoms with Gasteiger partial charge in [0.2, 0.25) is 0 Å². The summed E-state index contributed by atoms with van der Waals surface area (Å²) < 4.78 is 7.60. The number of rotatable bonds is 4. The van der Waals surface area contributed by atoms with E-state index in [1.807, 2.05) is 68.5 Å². The highest BCUT2D eigenvalue weighted by Gasteiger charge is 2.66. The minimum absolute atomic E-state index is 0.0375. The zero-order chi connectivity index (χ0) is 21.0. The van der Waals surface area contributed by atoms with Gasteiger partial charge in [-0.3, -0.25) is 9.69 Å². The molecule has 2 N–H and O–H groups in total. The SMILES string of the molecule is C[C@H]1[C@H]([Si](C)(C)O)[C@@H](CCO)O[C@]12C(=O)N(c1ccccc1)c1ccc(I)cc12. The van der Waals surface area contributed by atoms with E-state index in [1.165, 1.54) is 0 Å². The van der Waals surface area contributed by atoms with E-state index >= 15 is 0 Å². The van der Waals surface area contributed by atoms with Crippen LogP contribution < -0.4 is 4.90 Å². The Bertz CT molecular complexity index is 932. The lowest BCUT2D eigenvalue weighted by molar-refractivity contribution is -0.145. The van der Waals surface area contributed by atoms with Crippen LogP contribution in [0.3, 0.4) is 0 Å². The van der Waals surface area contributed by atoms with Crippen LogP contribution in [-0.4, -0.2) is 36.8 Å². The van der Waals surface area contributed by atoms with Crippen LogP contribution in [0.1, 0.15) is 18.9 Å². The molecule has 1 spiro atoms. The third-order valence-corrected chi connectivity index (χ3v) is 9.46. The van der Waals surface area contributed by atoms with Crippen molar-refractivity contribution in [1.82, 2.24) is 0 Å². The molecule has 1 saturated heterocycles. The van der Waals surface area contributed by atoms with E-state index in [2.05, 4.69) is 22.6 Å². The molecule has 1 fully saturated rings. The summed E-state index contributed by atoms with van der Waals surface area (Å²) in [6, 6.07) is 15.6. The second-order valence-corrected chi connectivity index (χ2v) is 13.7. The number of nitrogens with zero attached hydrogens (tertiary/aromatic N) is 1. The standard InChI is InChI=1S/C22H26INO4Si/c1-14-20(29(2,3)27)19(11-12-25)28-22(14)17-13-15(23)9-10-18(17)24(21(22)26)16-7-5-4-6-8-16/h4-10,13-14,19-20,25,27H,11-12H2,1-3H3/t14-,19+,20-,22+/m0/s1. The number of carbonyl (C=O) groups excluding carboxylic acids is 1. The third kappa shape index (κ3) is 3.18. The molecule has 1 amide bonds. The Hall–Kier alpha value is -1.26. The van der Waals surface area contributed by atoms with Gasteiger partial charge in [0, 0.05) is 32.9 Å². The molecular formula is C22H26INO4Si. The van der Waals surface area contributed by atoms with Gasteiger partial charge in [-0.05, 0) is 72.4 Å². The van der Waals surface area contributed by atoms with Gasteiger partial charge in [-0.2, -0.15) is 0 Å². The molecule has 29 heavy (non-hydrogen) atoms. The Labute approximate surface area is 186 Å². The highest BCUT2D eigenvalue weighted by Crippen LogP contribution is 2.60. The molecule has 4 atom stereocenters. The van der Waals surface area contributed by atoms with E-state index in [4.69, 9.17) is 4.74 Å². The summed E-state index contributed by atoms with van der Waals surface area (Å²) in [4.78, 5) is 26.8. The van der Waals surface area contributed by atoms with Crippen LogP contribution in [0.25, 0.3) is 0 Å². The largest absolute Gasteiger partial charge is 0.432 e. The second kappa shape index (κ2) is 7.46. The first-order valence-electron chi connectivity index (χ1n) is 9.92. The van der Waals surface area contributed by atoms with E-state index < -0.39 is 13.9 Å². The number of benzene rings is 2. The maximum absolute atomic E-state index is 14.0. The quantitative estimate of drug-likeness (QED) is 0.467. The van der Waals surface area contributed by atoms with Gasteiger partial charge >= 0.3 is 0 Å². The first-order valence-corrected chi connectivity index (χ1v) is 14.0. The lowest BCUT2D eigenvalue weighted by atomic mass is 9.82. The molecule has 0 saturated carbocycles. The van der Waals surface area contributed by atoms with E-state index in [-0.39, 0.29) is 30.1 Å². The monoisotopic (exact) mass is 523 g/mol. The van der Waals surface area contributed by atoms with E-state index in [0.29, 0.717) is 6.42 Å². The Kier molecular flexibility index (Phi) is 5.40. The van der Waals surface area contributed by atoms with E-state index in [1.54, 1.807) is 4.90 Å². The molecule has 0 aromatic heterocycles. The maximum Gasteiger partial charge on any atom is 0.268 e. The van der Waals surface area contributed by atoms with Crippen molar-refractivity contribution in [2.75, 3.05) is 11.5 Å². The fraction of sp³-hybridized carbons (Fsp3) is 0.409. The molecule has 5 nitrogen and oxygen atoms in total. The summed E-state index contributed by atoms with van der Waals surface area (Å²) >= 11 is 2.26. The van der Waals surface area contributed by atoms with E-state index in [9.17, 15) is 14.7 Å². The van der Waals surface area contributed by atoms with Crippen LogP contribution in [0.5, 0.6) is 0 Å². The van der Waals surface area contributed by atoms with Crippen molar-refractivity contribution in [3.05, 3.63) is 57.7 Å². The van der Waals surface area contributed by atoms with Gasteiger partial charge in [0.1, 0.15) is 0 Å². The molecule has 0 aliphatic carbocycles. The molecule has 7 heteroatoms. The summed E-state index contributed by atoms with van der Waals surface area (Å²) in [6.45, 7) is 5.77. The topological polar surface area (TPSA) is 70.0 Å². The average molecular weight is 523 g/mol. The minimum Gasteiger partial charge on any atom is -0.432 e. The number of para-hydroxylation sites is 1. The molecular weight excluding hydrogens is 497 g/mol. The summed E-state index contributed by atoms with van der Waals surface area (Å²) in [5.74, 6) is -0.319. The third-order valence-electron chi connectivity index (χ3n) is 6.28. The number of amides is 1. The molecule has 2 aliphatic heterocycles. The number of anilines is 2. The molecule has 0 bridgehead atoms. The van der Waals surface area contributed by atoms with Crippen LogP contribution in [-0.2, 0) is 15.1 Å². The summed E-state index contributed by atoms with van der Waals surface area (Å²) in [6.07, 6.45) is 0.0538. The Morgan fingerprint density at radius 1 is 1.21 bits per heavy atom. The molecule has 0 radical (unpaired) electrons. The van der Waals surface area contributed by atoms with E-state index in [0.717, 1.165) is 20.5 Å². The maximum atomic E-state index is 14.0. The molecule has 2 heterocycles. The number of halogens is 1. The van der Waals surface area contributed by atoms with Crippen molar-refractivity contribution in [1.29, 1.82) is 0 Å². The minimum atomic E-state index is -2.66. The number of hydrogen-bond donors (Lipinski definition) is 2. The van der Waals surface area contributed by atoms with Crippen LogP contribution >= 0.6 is 22.6 Å². The number of aliphatic hydroxyl groups is 1. The van der Waals surface area contributed by atoms with Crippen molar-refractivity contribution >= 4 is 48.2 Å². The summed E-state index contributed by atoms with van der Waals surface area (Å²) in [5.41, 5.74) is 1.18. The summed E-state index contributed by atoms with van der Waals surface area (Å²) in [7, 11) is -2.66. The van der Waals surface area contributed by atoms with Gasteiger partial charge in [0.15, 0.2) is 13.9 Å². The van der Waals surface area contributed by atoms with Crippen LogP contribution in [0.2, 0.25) is 18.6 Å². The molecule has 4 rings (SSSR count). The number of ether oxygens (including phenoxy) is 1. The van der Waals surface area contributed by atoms with Crippen molar-refractivity contribution in [2.24, 2.45) is 5.92 Å². The smallest absolute Gasteiger partial charge is 0.268 e. The Morgan fingerprint density at radius 2 is 1.90 bits per heavy atom. The first-order chi connectivity index (χ1) is 13.7. The number of fused-ring (bicyclic) bond motifs is 2. The Morgan fingerprint density at radius 3 is 2.52 bits per heavy atom. The lowest BCUT2D eigenvalue weighted by Crippen LogP contribution is -2.45. The first kappa shape index (κ1) is 21.0. The van der Waals surface area contributed by atoms with Gasteiger partial charge in [-0.15, -0.1) is 0 Å². The van der Waals surface area contributed by atoms with Gasteiger partial charge in [0.25, 0.3) is 5.91 Å². The van der Waals surface area contributed by atoms with Crippen LogP contribution in [0, 0.1) is 9.49 Å². The molecule has 2 aromatic rings. The molecule has 154 valence electrons. The fourth-order valence-corrected chi connectivity index (χ4v) is 8.30. The van der Waals surface area contributed by atoms with Gasteiger partial charge in [0.05, 0.1) is 11.8 Å². The highest BCUT2D eigenvalue weighted by atomic mass is 127. The molecule has 2 aromatic carbocycles. The predicted octanol–water partition coefficient (Wildman–Crippen LogP) is 4.15. The second-order valence-electron chi connectivity index (χ2n) is 8.51. The van der Waals surface area contributed by atoms with Gasteiger partial charge in [-0.1, -0.05) is 25.1 Å².